The van der Waals surface area contributed by atoms with Crippen LogP contribution < -0.4 is 5.56 Å². The minimum atomic E-state index is -0.118. The zero-order valence-corrected chi connectivity index (χ0v) is 18.5. The van der Waals surface area contributed by atoms with Crippen LogP contribution in [0.3, 0.4) is 0 Å². The van der Waals surface area contributed by atoms with E-state index in [4.69, 9.17) is 4.98 Å². The van der Waals surface area contributed by atoms with Crippen LogP contribution in [0.1, 0.15) is 47.7 Å². The Morgan fingerprint density at radius 1 is 1.03 bits per heavy atom. The average Bonchev–Trinajstić information content (AvgIpc) is 3.09. The third kappa shape index (κ3) is 3.57. The zero-order valence-electron chi connectivity index (χ0n) is 18.5. The highest BCUT2D eigenvalue weighted by Crippen LogP contribution is 2.19. The summed E-state index contributed by atoms with van der Waals surface area (Å²) in [6.07, 6.45) is 5.16. The molecule has 0 unspecified atom stereocenters. The van der Waals surface area contributed by atoms with Crippen LogP contribution in [0.25, 0.3) is 21.9 Å². The first-order chi connectivity index (χ1) is 15.5. The van der Waals surface area contributed by atoms with Gasteiger partial charge < -0.3 is 9.47 Å². The Kier molecular flexibility index (Phi) is 5.25. The first-order valence-electron chi connectivity index (χ1n) is 11.2. The van der Waals surface area contributed by atoms with Crippen LogP contribution in [-0.4, -0.2) is 37.0 Å². The molecule has 0 N–H and O–H groups in total. The number of imidazole rings is 1. The van der Waals surface area contributed by atoms with Gasteiger partial charge in [-0.2, -0.15) is 0 Å². The molecule has 1 aliphatic heterocycles. The van der Waals surface area contributed by atoms with Crippen molar-refractivity contribution in [3.05, 3.63) is 70.0 Å². The lowest BCUT2D eigenvalue weighted by atomic mass is 10.1. The Hall–Kier alpha value is -3.48. The Morgan fingerprint density at radius 2 is 1.84 bits per heavy atom. The summed E-state index contributed by atoms with van der Waals surface area (Å²) in [6.45, 7) is 1.11. The zero-order chi connectivity index (χ0) is 22.2. The van der Waals surface area contributed by atoms with E-state index in [1.807, 2.05) is 40.4 Å². The molecule has 7 heteroatoms. The summed E-state index contributed by atoms with van der Waals surface area (Å²) in [5.74, 6) is 1.54. The topological polar surface area (TPSA) is 73.0 Å². The Balaban J connectivity index is 1.45. The van der Waals surface area contributed by atoms with Gasteiger partial charge in [-0.3, -0.25) is 14.2 Å². The molecule has 1 aliphatic rings. The van der Waals surface area contributed by atoms with Gasteiger partial charge in [0, 0.05) is 32.6 Å². The molecule has 0 saturated carbocycles. The van der Waals surface area contributed by atoms with E-state index in [9.17, 15) is 9.59 Å². The average molecular weight is 430 g/mol. The predicted molar refractivity (Wildman–Crippen MR) is 125 cm³/mol. The Labute approximate surface area is 186 Å². The van der Waals surface area contributed by atoms with Crippen molar-refractivity contribution in [3.63, 3.8) is 0 Å². The number of amides is 1. The summed E-state index contributed by atoms with van der Waals surface area (Å²) < 4.78 is 3.83. The van der Waals surface area contributed by atoms with Crippen molar-refractivity contribution in [2.45, 2.75) is 45.2 Å². The largest absolute Gasteiger partial charge is 0.334 e. The SMILES string of the molecule is CN(Cc1nc2ccccc2n1C)C(=O)c1ccc2c(=O)n3c(nc2c1)CCCCCC3. The molecule has 32 heavy (non-hydrogen) atoms. The molecule has 7 nitrogen and oxygen atoms in total. The molecule has 0 radical (unpaired) electrons. The molecule has 2 aromatic heterocycles. The lowest BCUT2D eigenvalue weighted by molar-refractivity contribution is 0.0781. The van der Waals surface area contributed by atoms with Gasteiger partial charge in [-0.15, -0.1) is 0 Å². The van der Waals surface area contributed by atoms with E-state index in [1.54, 1.807) is 30.1 Å². The molecular weight excluding hydrogens is 402 g/mol. The van der Waals surface area contributed by atoms with E-state index in [-0.39, 0.29) is 11.5 Å². The van der Waals surface area contributed by atoms with Gasteiger partial charge in [0.05, 0.1) is 28.5 Å². The molecule has 3 heterocycles. The van der Waals surface area contributed by atoms with Crippen molar-refractivity contribution in [1.29, 1.82) is 0 Å². The summed E-state index contributed by atoms with van der Waals surface area (Å²) in [7, 11) is 3.74. The van der Waals surface area contributed by atoms with Gasteiger partial charge in [0.2, 0.25) is 0 Å². The summed E-state index contributed by atoms with van der Waals surface area (Å²) in [4.78, 5) is 37.3. The van der Waals surface area contributed by atoms with Gasteiger partial charge >= 0.3 is 0 Å². The van der Waals surface area contributed by atoms with E-state index in [2.05, 4.69) is 4.98 Å². The molecule has 0 atom stereocenters. The molecule has 164 valence electrons. The molecule has 1 amide bonds. The number of aromatic nitrogens is 4. The van der Waals surface area contributed by atoms with Gasteiger partial charge in [-0.05, 0) is 43.2 Å². The highest BCUT2D eigenvalue weighted by molar-refractivity contribution is 5.97. The number of aryl methyl sites for hydroxylation is 2. The van der Waals surface area contributed by atoms with Crippen molar-refractivity contribution in [2.24, 2.45) is 7.05 Å². The van der Waals surface area contributed by atoms with Gasteiger partial charge in [-0.1, -0.05) is 25.0 Å². The van der Waals surface area contributed by atoms with E-state index in [0.29, 0.717) is 23.0 Å². The van der Waals surface area contributed by atoms with Crippen LogP contribution in [0.15, 0.2) is 47.3 Å². The number of fused-ring (bicyclic) bond motifs is 3. The van der Waals surface area contributed by atoms with Crippen molar-refractivity contribution in [1.82, 2.24) is 24.0 Å². The molecule has 4 aromatic rings. The highest BCUT2D eigenvalue weighted by atomic mass is 16.2. The maximum atomic E-state index is 13.2. The van der Waals surface area contributed by atoms with Gasteiger partial charge in [0.25, 0.3) is 11.5 Å². The van der Waals surface area contributed by atoms with Crippen LogP contribution in [0.2, 0.25) is 0 Å². The highest BCUT2D eigenvalue weighted by Gasteiger charge is 2.18. The van der Waals surface area contributed by atoms with E-state index in [1.165, 1.54) is 6.42 Å². The molecule has 0 bridgehead atoms. The fourth-order valence-electron chi connectivity index (χ4n) is 4.57. The monoisotopic (exact) mass is 429 g/mol. The van der Waals surface area contributed by atoms with Crippen LogP contribution in [0.4, 0.5) is 0 Å². The van der Waals surface area contributed by atoms with Crippen LogP contribution in [0, 0.1) is 0 Å². The maximum absolute atomic E-state index is 13.2. The number of carbonyl (C=O) groups is 1. The number of nitrogens with zero attached hydrogens (tertiary/aromatic N) is 5. The molecule has 0 fully saturated rings. The van der Waals surface area contributed by atoms with E-state index in [0.717, 1.165) is 54.9 Å². The van der Waals surface area contributed by atoms with Gasteiger partial charge in [-0.25, -0.2) is 9.97 Å². The molecule has 2 aromatic carbocycles. The number of rotatable bonds is 3. The third-order valence-electron chi connectivity index (χ3n) is 6.42. The fourth-order valence-corrected chi connectivity index (χ4v) is 4.57. The lowest BCUT2D eigenvalue weighted by Gasteiger charge is -2.18. The van der Waals surface area contributed by atoms with Crippen LogP contribution >= 0.6 is 0 Å². The minimum Gasteiger partial charge on any atom is -0.334 e. The third-order valence-corrected chi connectivity index (χ3v) is 6.42. The summed E-state index contributed by atoms with van der Waals surface area (Å²) in [5.41, 5.74) is 3.08. The lowest BCUT2D eigenvalue weighted by Crippen LogP contribution is -2.28. The van der Waals surface area contributed by atoms with Crippen molar-refractivity contribution in [3.8, 4) is 0 Å². The number of benzene rings is 2. The maximum Gasteiger partial charge on any atom is 0.261 e. The first kappa shape index (κ1) is 20.4. The smallest absolute Gasteiger partial charge is 0.261 e. The van der Waals surface area contributed by atoms with Crippen molar-refractivity contribution < 1.29 is 4.79 Å². The second kappa shape index (κ2) is 8.22. The predicted octanol–water partition coefficient (Wildman–Crippen LogP) is 3.67. The van der Waals surface area contributed by atoms with Gasteiger partial charge in [0.1, 0.15) is 11.6 Å². The first-order valence-corrected chi connectivity index (χ1v) is 11.2. The van der Waals surface area contributed by atoms with E-state index < -0.39 is 0 Å². The fraction of sp³-hybridized carbons (Fsp3) is 0.360. The van der Waals surface area contributed by atoms with E-state index >= 15 is 0 Å². The molecule has 5 rings (SSSR count). The second-order valence-electron chi connectivity index (χ2n) is 8.62. The van der Waals surface area contributed by atoms with Crippen molar-refractivity contribution in [2.75, 3.05) is 7.05 Å². The Morgan fingerprint density at radius 3 is 2.69 bits per heavy atom. The second-order valence-corrected chi connectivity index (χ2v) is 8.62. The number of hydrogen-bond acceptors (Lipinski definition) is 4. The number of carbonyl (C=O) groups excluding carboxylic acids is 1. The quantitative estimate of drug-likeness (QED) is 0.498. The standard InChI is InChI=1S/C25H27N5O2/c1-28(16-23-26-19-9-6-7-10-21(19)29(23)2)24(31)17-12-13-18-20(15-17)27-22-11-5-3-4-8-14-30(22)25(18)32/h6-7,9-10,12-13,15H,3-5,8,11,14,16H2,1-2H3. The minimum absolute atomic E-state index is 0.000969. The normalized spacial score (nSPS) is 14.2. The Bertz CT molecular complexity index is 1380. The van der Waals surface area contributed by atoms with Crippen molar-refractivity contribution >= 4 is 27.8 Å². The molecule has 0 saturated heterocycles. The van der Waals surface area contributed by atoms with Crippen LogP contribution in [-0.2, 0) is 26.6 Å². The molecule has 0 spiro atoms. The number of hydrogen-bond donors (Lipinski definition) is 0. The van der Waals surface area contributed by atoms with Gasteiger partial charge in [0.15, 0.2) is 0 Å². The molecular formula is C25H27N5O2. The summed E-state index contributed by atoms with van der Waals surface area (Å²) >= 11 is 0. The molecule has 0 aliphatic carbocycles. The number of para-hydroxylation sites is 2. The van der Waals surface area contributed by atoms with Crippen LogP contribution in [0.5, 0.6) is 0 Å². The summed E-state index contributed by atoms with van der Waals surface area (Å²) in [5, 5.41) is 0.573. The summed E-state index contributed by atoms with van der Waals surface area (Å²) in [6, 6.07) is 13.2.